The van der Waals surface area contributed by atoms with Crippen LogP contribution in [0, 0.1) is 0 Å². The highest BCUT2D eigenvalue weighted by atomic mass is 32.1. The quantitative estimate of drug-likeness (QED) is 0.436. The van der Waals surface area contributed by atoms with Crippen LogP contribution in [-0.2, 0) is 4.79 Å². The van der Waals surface area contributed by atoms with Crippen molar-refractivity contribution in [2.24, 2.45) is 0 Å². The molecule has 0 unspecified atom stereocenters. The number of unbranched alkanes of at least 4 members (excludes halogenated alkanes) is 2. The molecule has 0 fully saturated rings. The van der Waals surface area contributed by atoms with Gasteiger partial charge in [0, 0.05) is 12.1 Å². The van der Waals surface area contributed by atoms with Crippen LogP contribution in [-0.4, -0.2) is 16.1 Å². The van der Waals surface area contributed by atoms with Gasteiger partial charge < -0.3 is 15.7 Å². The Morgan fingerprint density at radius 1 is 1.28 bits per heavy atom. The molecule has 0 aromatic heterocycles. The highest BCUT2D eigenvalue weighted by Gasteiger charge is 2.04. The molecule has 0 radical (unpaired) electrons. The number of thiocarbonyl (C=S) groups is 1. The number of phenolic OH excluding ortho intramolecular Hbond substituents is 1. The highest BCUT2D eigenvalue weighted by molar-refractivity contribution is 7.80. The van der Waals surface area contributed by atoms with E-state index in [0.717, 1.165) is 24.9 Å². The standard InChI is InChI=1S/C13H18N2O2S/c1-2-3-4-5-12(17)15-13(18)14-10-6-8-11(16)9-7-10/h6-9,16H,2-5H2,1H3,(H2,14,15,17,18). The monoisotopic (exact) mass is 266 g/mol. The van der Waals surface area contributed by atoms with Gasteiger partial charge in [0.1, 0.15) is 5.75 Å². The topological polar surface area (TPSA) is 61.4 Å². The lowest BCUT2D eigenvalue weighted by molar-refractivity contribution is -0.119. The van der Waals surface area contributed by atoms with Crippen LogP contribution in [0.2, 0.25) is 0 Å². The molecule has 0 spiro atoms. The van der Waals surface area contributed by atoms with E-state index in [1.54, 1.807) is 24.3 Å². The van der Waals surface area contributed by atoms with Crippen molar-refractivity contribution in [3.8, 4) is 5.75 Å². The summed E-state index contributed by atoms with van der Waals surface area (Å²) in [5, 5.41) is 14.9. The van der Waals surface area contributed by atoms with Crippen LogP contribution in [0.5, 0.6) is 5.75 Å². The van der Waals surface area contributed by atoms with Gasteiger partial charge in [0.05, 0.1) is 0 Å². The second kappa shape index (κ2) is 7.66. The first-order valence-corrected chi connectivity index (χ1v) is 6.42. The molecule has 1 rings (SSSR count). The molecule has 5 heteroatoms. The Kier molecular flexibility index (Phi) is 6.14. The molecule has 0 aliphatic carbocycles. The second-order valence-corrected chi connectivity index (χ2v) is 4.41. The molecule has 0 saturated carbocycles. The van der Waals surface area contributed by atoms with Gasteiger partial charge in [-0.3, -0.25) is 4.79 Å². The third-order valence-corrected chi connectivity index (χ3v) is 2.59. The zero-order valence-corrected chi connectivity index (χ0v) is 11.2. The summed E-state index contributed by atoms with van der Waals surface area (Å²) in [5.74, 6) is 0.120. The molecule has 0 heterocycles. The Morgan fingerprint density at radius 2 is 1.94 bits per heavy atom. The van der Waals surface area contributed by atoms with E-state index in [0.29, 0.717) is 6.42 Å². The Hall–Kier alpha value is -1.62. The van der Waals surface area contributed by atoms with E-state index in [-0.39, 0.29) is 16.8 Å². The minimum Gasteiger partial charge on any atom is -0.508 e. The molecular formula is C13H18N2O2S. The van der Waals surface area contributed by atoms with E-state index < -0.39 is 0 Å². The smallest absolute Gasteiger partial charge is 0.226 e. The van der Waals surface area contributed by atoms with E-state index in [9.17, 15) is 4.79 Å². The van der Waals surface area contributed by atoms with Crippen LogP contribution in [0.25, 0.3) is 0 Å². The molecule has 3 N–H and O–H groups in total. The number of carbonyl (C=O) groups excluding carboxylic acids is 1. The van der Waals surface area contributed by atoms with E-state index >= 15 is 0 Å². The fourth-order valence-electron chi connectivity index (χ4n) is 1.43. The Labute approximate surface area is 112 Å². The van der Waals surface area contributed by atoms with Crippen LogP contribution in [0.1, 0.15) is 32.6 Å². The normalized spacial score (nSPS) is 9.83. The first kappa shape index (κ1) is 14.4. The summed E-state index contributed by atoms with van der Waals surface area (Å²) in [6.07, 6.45) is 3.50. The summed E-state index contributed by atoms with van der Waals surface area (Å²) in [6.45, 7) is 2.09. The number of nitrogens with one attached hydrogen (secondary N) is 2. The van der Waals surface area contributed by atoms with Gasteiger partial charge in [0.25, 0.3) is 0 Å². The molecule has 1 aromatic rings. The van der Waals surface area contributed by atoms with Gasteiger partial charge in [-0.25, -0.2) is 0 Å². The van der Waals surface area contributed by atoms with Gasteiger partial charge in [-0.05, 0) is 42.9 Å². The Bertz CT molecular complexity index is 404. The van der Waals surface area contributed by atoms with Gasteiger partial charge in [0.15, 0.2) is 5.11 Å². The molecule has 0 bridgehead atoms. The number of benzene rings is 1. The van der Waals surface area contributed by atoms with Crippen LogP contribution in [0.4, 0.5) is 5.69 Å². The van der Waals surface area contributed by atoms with E-state index in [2.05, 4.69) is 17.6 Å². The molecule has 18 heavy (non-hydrogen) atoms. The summed E-state index contributed by atoms with van der Waals surface area (Å²) in [5.41, 5.74) is 0.728. The number of amides is 1. The van der Waals surface area contributed by atoms with Crippen molar-refractivity contribution >= 4 is 28.9 Å². The number of rotatable bonds is 5. The number of anilines is 1. The van der Waals surface area contributed by atoms with Gasteiger partial charge >= 0.3 is 0 Å². The predicted octanol–water partition coefficient (Wildman–Crippen LogP) is 2.79. The number of hydrogen-bond donors (Lipinski definition) is 3. The summed E-state index contributed by atoms with van der Waals surface area (Å²) < 4.78 is 0. The summed E-state index contributed by atoms with van der Waals surface area (Å²) >= 11 is 5.02. The third-order valence-electron chi connectivity index (χ3n) is 2.39. The second-order valence-electron chi connectivity index (χ2n) is 4.01. The minimum absolute atomic E-state index is 0.0697. The maximum Gasteiger partial charge on any atom is 0.226 e. The lowest BCUT2D eigenvalue weighted by atomic mass is 10.2. The van der Waals surface area contributed by atoms with E-state index in [1.807, 2.05) is 0 Å². The first-order chi connectivity index (χ1) is 8.61. The summed E-state index contributed by atoms with van der Waals surface area (Å²) in [6, 6.07) is 6.47. The summed E-state index contributed by atoms with van der Waals surface area (Å²) in [4.78, 5) is 11.5. The number of carbonyl (C=O) groups is 1. The van der Waals surface area contributed by atoms with Gasteiger partial charge in [-0.2, -0.15) is 0 Å². The molecule has 0 aliphatic heterocycles. The van der Waals surface area contributed by atoms with Gasteiger partial charge in [0.2, 0.25) is 5.91 Å². The number of hydrogen-bond acceptors (Lipinski definition) is 3. The SMILES string of the molecule is CCCCCC(=O)NC(=S)Nc1ccc(O)cc1. The van der Waals surface area contributed by atoms with E-state index in [4.69, 9.17) is 17.3 Å². The van der Waals surface area contributed by atoms with Crippen LogP contribution >= 0.6 is 12.2 Å². The Morgan fingerprint density at radius 3 is 2.56 bits per heavy atom. The average Bonchev–Trinajstić information content (AvgIpc) is 2.32. The van der Waals surface area contributed by atoms with Crippen molar-refractivity contribution in [1.82, 2.24) is 5.32 Å². The number of phenols is 1. The van der Waals surface area contributed by atoms with Crippen LogP contribution in [0.3, 0.4) is 0 Å². The average molecular weight is 266 g/mol. The van der Waals surface area contributed by atoms with E-state index in [1.165, 1.54) is 0 Å². The van der Waals surface area contributed by atoms with Crippen molar-refractivity contribution < 1.29 is 9.90 Å². The van der Waals surface area contributed by atoms with Crippen molar-refractivity contribution in [2.75, 3.05) is 5.32 Å². The molecule has 1 aromatic carbocycles. The fourth-order valence-corrected chi connectivity index (χ4v) is 1.66. The first-order valence-electron chi connectivity index (χ1n) is 6.01. The Balaban J connectivity index is 2.32. The lowest BCUT2D eigenvalue weighted by Gasteiger charge is -2.09. The molecular weight excluding hydrogens is 248 g/mol. The molecule has 98 valence electrons. The van der Waals surface area contributed by atoms with Gasteiger partial charge in [-0.1, -0.05) is 19.8 Å². The zero-order valence-electron chi connectivity index (χ0n) is 10.4. The molecule has 4 nitrogen and oxygen atoms in total. The van der Waals surface area contributed by atoms with Crippen molar-refractivity contribution in [3.05, 3.63) is 24.3 Å². The third kappa shape index (κ3) is 5.63. The maximum absolute atomic E-state index is 11.5. The predicted molar refractivity (Wildman–Crippen MR) is 76.6 cm³/mol. The van der Waals surface area contributed by atoms with Crippen molar-refractivity contribution in [1.29, 1.82) is 0 Å². The van der Waals surface area contributed by atoms with Crippen LogP contribution in [0.15, 0.2) is 24.3 Å². The molecule has 0 atom stereocenters. The fraction of sp³-hybridized carbons (Fsp3) is 0.385. The number of aromatic hydroxyl groups is 1. The highest BCUT2D eigenvalue weighted by Crippen LogP contribution is 2.13. The molecule has 0 aliphatic rings. The molecule has 1 amide bonds. The molecule has 0 saturated heterocycles. The van der Waals surface area contributed by atoms with Crippen LogP contribution < -0.4 is 10.6 Å². The van der Waals surface area contributed by atoms with Crippen molar-refractivity contribution in [2.45, 2.75) is 32.6 Å². The van der Waals surface area contributed by atoms with Gasteiger partial charge in [-0.15, -0.1) is 0 Å². The largest absolute Gasteiger partial charge is 0.508 e. The zero-order chi connectivity index (χ0) is 13.4. The summed E-state index contributed by atoms with van der Waals surface area (Å²) in [7, 11) is 0. The maximum atomic E-state index is 11.5. The lowest BCUT2D eigenvalue weighted by Crippen LogP contribution is -2.33. The van der Waals surface area contributed by atoms with Crippen molar-refractivity contribution in [3.63, 3.8) is 0 Å². The minimum atomic E-state index is -0.0697.